The fraction of sp³-hybridized carbons (Fsp3) is 0.455. The molecule has 2 aromatic rings. The first-order valence-corrected chi connectivity index (χ1v) is 6.81. The molecule has 1 atom stereocenters. The molecule has 2 aromatic heterocycles. The largest absolute Gasteiger partial charge is 0.379 e. The SMILES string of the molecule is NNc1nc(NC2CCCOC2)c2ccsc2n1. The Morgan fingerprint density at radius 3 is 3.17 bits per heavy atom. The summed E-state index contributed by atoms with van der Waals surface area (Å²) < 4.78 is 5.46. The first-order valence-electron chi connectivity index (χ1n) is 5.93. The number of fused-ring (bicyclic) bond motifs is 1. The van der Waals surface area contributed by atoms with E-state index >= 15 is 0 Å². The molecule has 0 saturated carbocycles. The van der Waals surface area contributed by atoms with Crippen LogP contribution in [-0.2, 0) is 4.74 Å². The summed E-state index contributed by atoms with van der Waals surface area (Å²) in [5.74, 6) is 6.65. The predicted molar refractivity (Wildman–Crippen MR) is 72.7 cm³/mol. The minimum Gasteiger partial charge on any atom is -0.379 e. The number of hydrazine groups is 1. The summed E-state index contributed by atoms with van der Waals surface area (Å²) in [6, 6.07) is 2.33. The van der Waals surface area contributed by atoms with E-state index in [0.29, 0.717) is 12.0 Å². The first-order chi connectivity index (χ1) is 8.86. The van der Waals surface area contributed by atoms with Gasteiger partial charge in [-0.05, 0) is 24.3 Å². The molecule has 0 radical (unpaired) electrons. The van der Waals surface area contributed by atoms with Crippen molar-refractivity contribution in [3.05, 3.63) is 11.4 Å². The van der Waals surface area contributed by atoms with E-state index in [1.54, 1.807) is 11.3 Å². The van der Waals surface area contributed by atoms with Crippen LogP contribution in [0.5, 0.6) is 0 Å². The second kappa shape index (κ2) is 5.05. The standard InChI is InChI=1S/C11H15N5OS/c12-16-11-14-9(8-3-5-18-10(8)15-11)13-7-2-1-4-17-6-7/h3,5,7H,1-2,4,6,12H2,(H2,13,14,15,16). The van der Waals surface area contributed by atoms with Crippen molar-refractivity contribution in [3.8, 4) is 0 Å². The second-order valence-corrected chi connectivity index (χ2v) is 5.13. The number of nitrogens with two attached hydrogens (primary N) is 1. The molecule has 3 heterocycles. The van der Waals surface area contributed by atoms with Crippen LogP contribution in [0.15, 0.2) is 11.4 Å². The number of aromatic nitrogens is 2. The van der Waals surface area contributed by atoms with Crippen molar-refractivity contribution in [1.29, 1.82) is 0 Å². The lowest BCUT2D eigenvalue weighted by atomic mass is 10.1. The van der Waals surface area contributed by atoms with Crippen molar-refractivity contribution >= 4 is 33.3 Å². The quantitative estimate of drug-likeness (QED) is 0.577. The summed E-state index contributed by atoms with van der Waals surface area (Å²) >= 11 is 1.58. The van der Waals surface area contributed by atoms with Crippen molar-refractivity contribution in [2.24, 2.45) is 5.84 Å². The maximum atomic E-state index is 5.46. The molecule has 0 aliphatic carbocycles. The van der Waals surface area contributed by atoms with Crippen molar-refractivity contribution < 1.29 is 4.74 Å². The van der Waals surface area contributed by atoms with E-state index in [-0.39, 0.29) is 0 Å². The zero-order valence-corrected chi connectivity index (χ0v) is 10.7. The van der Waals surface area contributed by atoms with Crippen LogP contribution in [0, 0.1) is 0 Å². The second-order valence-electron chi connectivity index (χ2n) is 4.24. The Morgan fingerprint density at radius 1 is 1.44 bits per heavy atom. The number of thiophene rings is 1. The topological polar surface area (TPSA) is 85.1 Å². The monoisotopic (exact) mass is 265 g/mol. The highest BCUT2D eigenvalue weighted by Gasteiger charge is 2.16. The van der Waals surface area contributed by atoms with Crippen LogP contribution in [0.25, 0.3) is 10.2 Å². The Bertz CT molecular complexity index is 537. The molecule has 1 aliphatic rings. The van der Waals surface area contributed by atoms with Gasteiger partial charge in [0, 0.05) is 6.61 Å². The summed E-state index contributed by atoms with van der Waals surface area (Å²) in [4.78, 5) is 9.61. The Labute approximate surface area is 109 Å². The number of rotatable bonds is 3. The molecular formula is C11H15N5OS. The van der Waals surface area contributed by atoms with Gasteiger partial charge in [0.05, 0.1) is 18.0 Å². The molecule has 96 valence electrons. The van der Waals surface area contributed by atoms with Crippen LogP contribution in [0.1, 0.15) is 12.8 Å². The van der Waals surface area contributed by atoms with Gasteiger partial charge >= 0.3 is 0 Å². The molecule has 0 aromatic carbocycles. The lowest BCUT2D eigenvalue weighted by Gasteiger charge is -2.24. The van der Waals surface area contributed by atoms with Gasteiger partial charge < -0.3 is 10.1 Å². The summed E-state index contributed by atoms with van der Waals surface area (Å²) in [6.07, 6.45) is 2.18. The molecule has 6 nitrogen and oxygen atoms in total. The van der Waals surface area contributed by atoms with Crippen LogP contribution in [0.4, 0.5) is 11.8 Å². The maximum Gasteiger partial charge on any atom is 0.240 e. The van der Waals surface area contributed by atoms with Gasteiger partial charge in [-0.2, -0.15) is 4.98 Å². The van der Waals surface area contributed by atoms with Gasteiger partial charge in [-0.15, -0.1) is 11.3 Å². The number of anilines is 2. The summed E-state index contributed by atoms with van der Waals surface area (Å²) in [6.45, 7) is 1.58. The molecule has 4 N–H and O–H groups in total. The van der Waals surface area contributed by atoms with Gasteiger partial charge in [0.1, 0.15) is 10.6 Å². The summed E-state index contributed by atoms with van der Waals surface area (Å²) in [5, 5.41) is 6.45. The Hall–Kier alpha value is -1.44. The van der Waals surface area contributed by atoms with Crippen LogP contribution in [0.3, 0.4) is 0 Å². The fourth-order valence-electron chi connectivity index (χ4n) is 2.08. The maximum absolute atomic E-state index is 5.46. The van der Waals surface area contributed by atoms with Crippen molar-refractivity contribution in [1.82, 2.24) is 9.97 Å². The van der Waals surface area contributed by atoms with Crippen LogP contribution in [-0.4, -0.2) is 29.2 Å². The number of hydrogen-bond acceptors (Lipinski definition) is 7. The Kier molecular flexibility index (Phi) is 3.26. The van der Waals surface area contributed by atoms with E-state index in [1.165, 1.54) is 0 Å². The molecule has 1 aliphatic heterocycles. The third kappa shape index (κ3) is 2.24. The molecule has 0 amide bonds. The van der Waals surface area contributed by atoms with Crippen molar-refractivity contribution in [3.63, 3.8) is 0 Å². The van der Waals surface area contributed by atoms with E-state index in [2.05, 4.69) is 20.7 Å². The minimum atomic E-state index is 0.308. The first kappa shape index (κ1) is 11.6. The molecule has 0 spiro atoms. The van der Waals surface area contributed by atoms with Crippen molar-refractivity contribution in [2.75, 3.05) is 24.0 Å². The smallest absolute Gasteiger partial charge is 0.240 e. The van der Waals surface area contributed by atoms with E-state index in [9.17, 15) is 0 Å². The number of ether oxygens (including phenoxy) is 1. The molecule has 0 bridgehead atoms. The molecule has 1 saturated heterocycles. The van der Waals surface area contributed by atoms with Crippen LogP contribution in [0.2, 0.25) is 0 Å². The molecule has 3 rings (SSSR count). The molecule has 1 unspecified atom stereocenters. The van der Waals surface area contributed by atoms with E-state index < -0.39 is 0 Å². The molecule has 18 heavy (non-hydrogen) atoms. The van der Waals surface area contributed by atoms with E-state index in [4.69, 9.17) is 10.6 Å². The van der Waals surface area contributed by atoms with Gasteiger partial charge in [-0.25, -0.2) is 10.8 Å². The highest BCUT2D eigenvalue weighted by Crippen LogP contribution is 2.27. The number of nitrogen functional groups attached to an aromatic ring is 1. The summed E-state index contributed by atoms with van der Waals surface area (Å²) in [5.41, 5.74) is 2.50. The van der Waals surface area contributed by atoms with Gasteiger partial charge in [0.25, 0.3) is 0 Å². The van der Waals surface area contributed by atoms with Gasteiger partial charge in [0.2, 0.25) is 5.95 Å². The lowest BCUT2D eigenvalue weighted by Crippen LogP contribution is -2.30. The Morgan fingerprint density at radius 2 is 2.39 bits per heavy atom. The number of nitrogens with zero attached hydrogens (tertiary/aromatic N) is 2. The normalized spacial score (nSPS) is 19.9. The Balaban J connectivity index is 1.91. The highest BCUT2D eigenvalue weighted by molar-refractivity contribution is 7.16. The average Bonchev–Trinajstić information content (AvgIpc) is 2.88. The number of nitrogens with one attached hydrogen (secondary N) is 2. The fourth-order valence-corrected chi connectivity index (χ4v) is 2.84. The highest BCUT2D eigenvalue weighted by atomic mass is 32.1. The van der Waals surface area contributed by atoms with E-state index in [1.807, 2.05) is 11.4 Å². The van der Waals surface area contributed by atoms with Gasteiger partial charge in [0.15, 0.2) is 0 Å². The molecule has 7 heteroatoms. The predicted octanol–water partition coefficient (Wildman–Crippen LogP) is 1.57. The summed E-state index contributed by atoms with van der Waals surface area (Å²) in [7, 11) is 0. The van der Waals surface area contributed by atoms with Gasteiger partial charge in [-0.3, -0.25) is 5.43 Å². The minimum absolute atomic E-state index is 0.308. The van der Waals surface area contributed by atoms with Crippen LogP contribution >= 0.6 is 11.3 Å². The third-order valence-electron chi connectivity index (χ3n) is 2.96. The zero-order valence-electron chi connectivity index (χ0n) is 9.85. The van der Waals surface area contributed by atoms with Gasteiger partial charge in [-0.1, -0.05) is 0 Å². The number of hydrogen-bond donors (Lipinski definition) is 3. The average molecular weight is 265 g/mol. The van der Waals surface area contributed by atoms with Crippen molar-refractivity contribution in [2.45, 2.75) is 18.9 Å². The molecule has 1 fully saturated rings. The zero-order chi connectivity index (χ0) is 12.4. The lowest BCUT2D eigenvalue weighted by molar-refractivity contribution is 0.0875. The van der Waals surface area contributed by atoms with Crippen LogP contribution < -0.4 is 16.6 Å². The van der Waals surface area contributed by atoms with E-state index in [0.717, 1.165) is 42.1 Å². The third-order valence-corrected chi connectivity index (χ3v) is 3.76. The molecular weight excluding hydrogens is 250 g/mol.